The first-order valence-electron chi connectivity index (χ1n) is 8.09. The number of hydrogen-bond acceptors (Lipinski definition) is 8. The quantitative estimate of drug-likeness (QED) is 0.403. The molecule has 0 radical (unpaired) electrons. The fourth-order valence-corrected chi connectivity index (χ4v) is 4.23. The van der Waals surface area contributed by atoms with Crippen molar-refractivity contribution in [3.05, 3.63) is 59.1 Å². The van der Waals surface area contributed by atoms with Crippen molar-refractivity contribution in [2.75, 3.05) is 11.1 Å². The van der Waals surface area contributed by atoms with Crippen LogP contribution in [0.15, 0.2) is 68.7 Å². The molecule has 0 saturated heterocycles. The van der Waals surface area contributed by atoms with E-state index in [-0.39, 0.29) is 11.7 Å². The topological polar surface area (TPSA) is 93.8 Å². The average molecular weight is 474 g/mol. The predicted octanol–water partition coefficient (Wildman–Crippen LogP) is 4.75. The van der Waals surface area contributed by atoms with E-state index in [9.17, 15) is 4.79 Å². The van der Waals surface area contributed by atoms with Gasteiger partial charge in [-0.3, -0.25) is 10.1 Å². The number of nitrogens with one attached hydrogen (secondary N) is 1. The molecule has 0 fully saturated rings. The van der Waals surface area contributed by atoms with Gasteiger partial charge in [0.05, 0.1) is 5.75 Å². The van der Waals surface area contributed by atoms with E-state index in [0.29, 0.717) is 16.2 Å². The largest absolute Gasteiger partial charge is 0.411 e. The molecule has 140 valence electrons. The normalized spacial score (nSPS) is 10.8. The molecule has 0 aliphatic rings. The minimum atomic E-state index is -0.223. The van der Waals surface area contributed by atoms with Crippen molar-refractivity contribution in [1.29, 1.82) is 0 Å². The van der Waals surface area contributed by atoms with Crippen LogP contribution < -0.4 is 5.32 Å². The highest BCUT2D eigenvalue weighted by Gasteiger charge is 2.14. The van der Waals surface area contributed by atoms with E-state index < -0.39 is 0 Å². The Labute approximate surface area is 176 Å². The maximum atomic E-state index is 12.2. The van der Waals surface area contributed by atoms with Crippen molar-refractivity contribution in [1.82, 2.24) is 20.4 Å². The highest BCUT2D eigenvalue weighted by molar-refractivity contribution is 9.10. The smallest absolute Gasteiger partial charge is 0.277 e. The summed E-state index contributed by atoms with van der Waals surface area (Å²) in [5.41, 5.74) is 1.76. The Balaban J connectivity index is 1.34. The molecule has 2 aromatic heterocycles. The Kier molecular flexibility index (Phi) is 5.79. The minimum absolute atomic E-state index is 0.125. The molecule has 1 N–H and O–H groups in total. The molecule has 0 aliphatic heterocycles. The SMILES string of the molecule is O=C(CSc1nnc(-c2ccccc2)o1)Nc1nnc(-c2ccccc2Br)s1. The molecule has 28 heavy (non-hydrogen) atoms. The first-order valence-corrected chi connectivity index (χ1v) is 10.7. The van der Waals surface area contributed by atoms with Gasteiger partial charge in [0, 0.05) is 15.6 Å². The van der Waals surface area contributed by atoms with Crippen molar-refractivity contribution in [3.63, 3.8) is 0 Å². The number of benzene rings is 2. The zero-order valence-corrected chi connectivity index (χ0v) is 17.4. The summed E-state index contributed by atoms with van der Waals surface area (Å²) in [4.78, 5) is 12.2. The zero-order chi connectivity index (χ0) is 19.3. The summed E-state index contributed by atoms with van der Waals surface area (Å²) in [6, 6.07) is 17.2. The maximum absolute atomic E-state index is 12.2. The third kappa shape index (κ3) is 4.46. The third-order valence-electron chi connectivity index (χ3n) is 3.53. The Morgan fingerprint density at radius 2 is 1.82 bits per heavy atom. The number of hydrogen-bond donors (Lipinski definition) is 1. The van der Waals surface area contributed by atoms with Gasteiger partial charge in [-0.2, -0.15) is 0 Å². The molecule has 0 bridgehead atoms. The lowest BCUT2D eigenvalue weighted by atomic mass is 10.2. The van der Waals surface area contributed by atoms with E-state index in [1.54, 1.807) is 0 Å². The van der Waals surface area contributed by atoms with Crippen LogP contribution in [-0.4, -0.2) is 32.1 Å². The van der Waals surface area contributed by atoms with Gasteiger partial charge in [0.25, 0.3) is 5.22 Å². The van der Waals surface area contributed by atoms with Gasteiger partial charge in [-0.15, -0.1) is 20.4 Å². The predicted molar refractivity (Wildman–Crippen MR) is 112 cm³/mol. The Morgan fingerprint density at radius 3 is 2.64 bits per heavy atom. The van der Waals surface area contributed by atoms with Crippen LogP contribution in [0.3, 0.4) is 0 Å². The molecule has 0 atom stereocenters. The molecule has 10 heteroatoms. The lowest BCUT2D eigenvalue weighted by Gasteiger charge is -1.99. The van der Waals surface area contributed by atoms with Crippen LogP contribution in [0.2, 0.25) is 0 Å². The van der Waals surface area contributed by atoms with E-state index in [1.807, 2.05) is 54.6 Å². The Bertz CT molecular complexity index is 1100. The summed E-state index contributed by atoms with van der Waals surface area (Å²) in [6.07, 6.45) is 0. The highest BCUT2D eigenvalue weighted by Crippen LogP contribution is 2.32. The van der Waals surface area contributed by atoms with Gasteiger partial charge in [-0.05, 0) is 18.2 Å². The second-order valence-electron chi connectivity index (χ2n) is 5.47. The Morgan fingerprint density at radius 1 is 1.04 bits per heavy atom. The van der Waals surface area contributed by atoms with Crippen molar-refractivity contribution in [2.24, 2.45) is 0 Å². The third-order valence-corrected chi connectivity index (χ3v) is 5.91. The highest BCUT2D eigenvalue weighted by atomic mass is 79.9. The van der Waals surface area contributed by atoms with Crippen molar-refractivity contribution in [3.8, 4) is 22.0 Å². The summed E-state index contributed by atoms with van der Waals surface area (Å²) in [5, 5.41) is 20.4. The second kappa shape index (κ2) is 8.63. The van der Waals surface area contributed by atoms with Gasteiger partial charge in [-0.25, -0.2) is 0 Å². The molecule has 0 aliphatic carbocycles. The standard InChI is InChI=1S/C18H12BrN5O2S2/c19-13-9-5-4-8-12(13)16-22-23-17(28-16)20-14(25)10-27-18-24-21-15(26-18)11-6-2-1-3-7-11/h1-9H,10H2,(H,20,23,25). The van der Waals surface area contributed by atoms with Crippen molar-refractivity contribution in [2.45, 2.75) is 5.22 Å². The van der Waals surface area contributed by atoms with Crippen LogP contribution in [0.4, 0.5) is 5.13 Å². The number of rotatable bonds is 6. The second-order valence-corrected chi connectivity index (χ2v) is 8.23. The number of amides is 1. The van der Waals surface area contributed by atoms with Crippen molar-refractivity contribution >= 4 is 50.1 Å². The minimum Gasteiger partial charge on any atom is -0.411 e. The van der Waals surface area contributed by atoms with Crippen LogP contribution in [0.25, 0.3) is 22.0 Å². The van der Waals surface area contributed by atoms with E-state index in [2.05, 4.69) is 41.6 Å². The van der Waals surface area contributed by atoms with Crippen LogP contribution in [0, 0.1) is 0 Å². The molecule has 2 aromatic carbocycles. The lowest BCUT2D eigenvalue weighted by Crippen LogP contribution is -2.13. The molecule has 0 saturated carbocycles. The van der Waals surface area contributed by atoms with Crippen LogP contribution >= 0.6 is 39.0 Å². The van der Waals surface area contributed by atoms with E-state index in [0.717, 1.165) is 20.6 Å². The first kappa shape index (κ1) is 18.8. The van der Waals surface area contributed by atoms with Gasteiger partial charge in [-0.1, -0.05) is 75.4 Å². The Hall–Kier alpha value is -2.56. The number of nitrogens with zero attached hydrogens (tertiary/aromatic N) is 4. The van der Waals surface area contributed by atoms with Crippen LogP contribution in [0.5, 0.6) is 0 Å². The summed E-state index contributed by atoms with van der Waals surface area (Å²) in [6.45, 7) is 0. The van der Waals surface area contributed by atoms with Gasteiger partial charge in [0.1, 0.15) is 0 Å². The summed E-state index contributed by atoms with van der Waals surface area (Å²) in [7, 11) is 0. The summed E-state index contributed by atoms with van der Waals surface area (Å²) in [5.74, 6) is 0.324. The molecular weight excluding hydrogens is 462 g/mol. The van der Waals surface area contributed by atoms with Gasteiger partial charge < -0.3 is 4.42 Å². The average Bonchev–Trinajstić information content (AvgIpc) is 3.37. The molecule has 2 heterocycles. The molecule has 4 aromatic rings. The van der Waals surface area contributed by atoms with Crippen molar-refractivity contribution < 1.29 is 9.21 Å². The van der Waals surface area contributed by atoms with Gasteiger partial charge >= 0.3 is 0 Å². The van der Waals surface area contributed by atoms with Gasteiger partial charge in [0.15, 0.2) is 5.01 Å². The number of carbonyl (C=O) groups excluding carboxylic acids is 1. The molecule has 7 nitrogen and oxygen atoms in total. The van der Waals surface area contributed by atoms with Crippen LogP contribution in [-0.2, 0) is 4.79 Å². The number of aromatic nitrogens is 4. The van der Waals surface area contributed by atoms with E-state index >= 15 is 0 Å². The van der Waals surface area contributed by atoms with Gasteiger partial charge in [0.2, 0.25) is 16.9 Å². The molecule has 1 amide bonds. The monoisotopic (exact) mass is 473 g/mol. The zero-order valence-electron chi connectivity index (χ0n) is 14.2. The number of carbonyl (C=O) groups is 1. The van der Waals surface area contributed by atoms with Crippen LogP contribution in [0.1, 0.15) is 0 Å². The molecule has 4 rings (SSSR count). The summed E-state index contributed by atoms with van der Waals surface area (Å²) < 4.78 is 6.50. The fraction of sp³-hybridized carbons (Fsp3) is 0.0556. The fourth-order valence-electron chi connectivity index (χ4n) is 2.27. The van der Waals surface area contributed by atoms with E-state index in [4.69, 9.17) is 4.42 Å². The molecule has 0 spiro atoms. The number of thioether (sulfide) groups is 1. The molecular formula is C18H12BrN5O2S2. The summed E-state index contributed by atoms with van der Waals surface area (Å²) >= 11 is 5.96. The number of anilines is 1. The molecule has 0 unspecified atom stereocenters. The number of halogens is 1. The maximum Gasteiger partial charge on any atom is 0.277 e. The lowest BCUT2D eigenvalue weighted by molar-refractivity contribution is -0.113. The van der Waals surface area contributed by atoms with E-state index in [1.165, 1.54) is 23.1 Å². The first-order chi connectivity index (χ1) is 13.7.